The summed E-state index contributed by atoms with van der Waals surface area (Å²) in [5.74, 6) is -0.824. The van der Waals surface area contributed by atoms with Crippen molar-refractivity contribution in [1.29, 1.82) is 5.26 Å². The predicted octanol–water partition coefficient (Wildman–Crippen LogP) is 1.78. The minimum Gasteiger partial charge on any atom is -0.322 e. The zero-order valence-corrected chi connectivity index (χ0v) is 9.60. The molecule has 5 nitrogen and oxygen atoms in total. The molecule has 1 aromatic heterocycles. The number of rotatable bonds is 5. The zero-order chi connectivity index (χ0) is 12.0. The van der Waals surface area contributed by atoms with Gasteiger partial charge in [-0.05, 0) is 13.3 Å². The Morgan fingerprint density at radius 1 is 1.69 bits per heavy atom. The van der Waals surface area contributed by atoms with Gasteiger partial charge in [-0.25, -0.2) is 0 Å². The highest BCUT2D eigenvalue weighted by Gasteiger charge is 2.17. The van der Waals surface area contributed by atoms with Crippen molar-refractivity contribution < 1.29 is 4.79 Å². The number of amides is 1. The number of nitrogens with zero attached hydrogens (tertiary/aromatic N) is 3. The molecule has 0 saturated carbocycles. The summed E-state index contributed by atoms with van der Waals surface area (Å²) in [5, 5.41) is 15.6. The fourth-order valence-electron chi connectivity index (χ4n) is 1.37. The molecule has 0 radical (unpaired) electrons. The third-order valence-electron chi connectivity index (χ3n) is 2.27. The van der Waals surface area contributed by atoms with E-state index >= 15 is 0 Å². The fraction of sp³-hybridized carbons (Fsp3) is 0.545. The fourth-order valence-corrected chi connectivity index (χ4v) is 1.37. The van der Waals surface area contributed by atoms with Crippen LogP contribution in [0.1, 0.15) is 26.7 Å². The molecule has 0 aliphatic carbocycles. The Morgan fingerprint density at radius 3 is 2.94 bits per heavy atom. The lowest BCUT2D eigenvalue weighted by Crippen LogP contribution is -2.21. The number of nitrogens with one attached hydrogen (secondary N) is 1. The van der Waals surface area contributed by atoms with E-state index in [4.69, 9.17) is 5.26 Å². The van der Waals surface area contributed by atoms with Crippen molar-refractivity contribution in [3.8, 4) is 6.07 Å². The normalized spacial score (nSPS) is 11.8. The molecule has 0 spiro atoms. The Kier molecular flexibility index (Phi) is 4.52. The van der Waals surface area contributed by atoms with E-state index in [2.05, 4.69) is 10.4 Å². The zero-order valence-electron chi connectivity index (χ0n) is 9.60. The number of carbonyl (C=O) groups excluding carboxylic acids is 1. The number of carbonyl (C=O) groups is 1. The highest BCUT2D eigenvalue weighted by Crippen LogP contribution is 2.10. The van der Waals surface area contributed by atoms with E-state index in [-0.39, 0.29) is 5.91 Å². The quantitative estimate of drug-likeness (QED) is 0.822. The van der Waals surface area contributed by atoms with Crippen LogP contribution in [0.3, 0.4) is 0 Å². The van der Waals surface area contributed by atoms with Crippen LogP contribution in [0.25, 0.3) is 0 Å². The summed E-state index contributed by atoms with van der Waals surface area (Å²) in [7, 11) is 0. The van der Waals surface area contributed by atoms with Gasteiger partial charge in [-0.3, -0.25) is 9.48 Å². The van der Waals surface area contributed by atoms with Crippen LogP contribution in [0.4, 0.5) is 5.69 Å². The van der Waals surface area contributed by atoms with Gasteiger partial charge in [0.15, 0.2) is 0 Å². The Balaban J connectivity index is 2.59. The molecule has 0 aliphatic heterocycles. The van der Waals surface area contributed by atoms with Crippen LogP contribution in [0.5, 0.6) is 0 Å². The second-order valence-electron chi connectivity index (χ2n) is 3.54. The third-order valence-corrected chi connectivity index (χ3v) is 2.27. The summed E-state index contributed by atoms with van der Waals surface area (Å²) in [4.78, 5) is 11.7. The molecule has 1 atom stereocenters. The lowest BCUT2D eigenvalue weighted by Gasteiger charge is -2.06. The molecule has 1 rings (SSSR count). The van der Waals surface area contributed by atoms with Crippen LogP contribution >= 0.6 is 0 Å². The first-order valence-corrected chi connectivity index (χ1v) is 5.44. The number of aryl methyl sites for hydroxylation is 1. The number of aromatic nitrogens is 2. The van der Waals surface area contributed by atoms with Gasteiger partial charge < -0.3 is 5.32 Å². The summed E-state index contributed by atoms with van der Waals surface area (Å²) in [6.45, 7) is 4.67. The summed E-state index contributed by atoms with van der Waals surface area (Å²) < 4.78 is 1.72. The molecule has 1 amide bonds. The smallest absolute Gasteiger partial charge is 0.241 e. The van der Waals surface area contributed by atoms with Gasteiger partial charge in [-0.15, -0.1) is 0 Å². The van der Waals surface area contributed by atoms with Gasteiger partial charge in [0.25, 0.3) is 0 Å². The number of hydrogen-bond donors (Lipinski definition) is 1. The number of nitriles is 1. The summed E-state index contributed by atoms with van der Waals surface area (Å²) in [5.41, 5.74) is 0.642. The molecule has 5 heteroatoms. The van der Waals surface area contributed by atoms with Crippen molar-refractivity contribution in [3.63, 3.8) is 0 Å². The summed E-state index contributed by atoms with van der Waals surface area (Å²) in [6.07, 6.45) is 4.74. The van der Waals surface area contributed by atoms with Crippen molar-refractivity contribution in [2.24, 2.45) is 5.92 Å². The van der Waals surface area contributed by atoms with Crippen LogP contribution in [0.2, 0.25) is 0 Å². The van der Waals surface area contributed by atoms with Gasteiger partial charge in [-0.1, -0.05) is 13.3 Å². The molecule has 1 aromatic rings. The maximum absolute atomic E-state index is 11.7. The van der Waals surface area contributed by atoms with Gasteiger partial charge in [0.1, 0.15) is 5.92 Å². The van der Waals surface area contributed by atoms with Gasteiger partial charge in [0.05, 0.1) is 18.0 Å². The van der Waals surface area contributed by atoms with E-state index in [9.17, 15) is 4.79 Å². The predicted molar refractivity (Wildman–Crippen MR) is 60.5 cm³/mol. The molecule has 1 N–H and O–H groups in total. The summed E-state index contributed by atoms with van der Waals surface area (Å²) >= 11 is 0. The van der Waals surface area contributed by atoms with Crippen LogP contribution in [0.15, 0.2) is 12.4 Å². The van der Waals surface area contributed by atoms with Crippen molar-refractivity contribution >= 4 is 11.6 Å². The Labute approximate surface area is 95.1 Å². The highest BCUT2D eigenvalue weighted by atomic mass is 16.1. The average Bonchev–Trinajstić information content (AvgIpc) is 2.73. The van der Waals surface area contributed by atoms with Gasteiger partial charge in [0.2, 0.25) is 5.91 Å². The first-order valence-electron chi connectivity index (χ1n) is 5.44. The van der Waals surface area contributed by atoms with Gasteiger partial charge >= 0.3 is 0 Å². The van der Waals surface area contributed by atoms with E-state index in [0.29, 0.717) is 12.1 Å². The van der Waals surface area contributed by atoms with E-state index in [1.54, 1.807) is 17.1 Å². The Hall–Kier alpha value is -1.83. The number of hydrogen-bond acceptors (Lipinski definition) is 3. The van der Waals surface area contributed by atoms with Gasteiger partial charge in [0, 0.05) is 12.7 Å². The van der Waals surface area contributed by atoms with Gasteiger partial charge in [-0.2, -0.15) is 10.4 Å². The topological polar surface area (TPSA) is 70.7 Å². The third kappa shape index (κ3) is 3.09. The lowest BCUT2D eigenvalue weighted by molar-refractivity contribution is -0.118. The van der Waals surface area contributed by atoms with E-state index in [1.165, 1.54) is 0 Å². The molecular formula is C11H16N4O. The average molecular weight is 220 g/mol. The van der Waals surface area contributed by atoms with Crippen molar-refractivity contribution in [1.82, 2.24) is 9.78 Å². The maximum Gasteiger partial charge on any atom is 0.241 e. The minimum atomic E-state index is -0.574. The molecule has 0 aliphatic rings. The molecular weight excluding hydrogens is 204 g/mol. The molecule has 1 unspecified atom stereocenters. The minimum absolute atomic E-state index is 0.250. The Bertz CT molecular complexity index is 391. The van der Waals surface area contributed by atoms with Crippen molar-refractivity contribution in [2.75, 3.05) is 5.32 Å². The molecule has 0 fully saturated rings. The SMILES string of the molecule is CCCC(C#N)C(=O)Nc1cnn(CC)c1. The highest BCUT2D eigenvalue weighted by molar-refractivity contribution is 5.93. The van der Waals surface area contributed by atoms with Crippen LogP contribution < -0.4 is 5.32 Å². The molecule has 1 heterocycles. The molecule has 86 valence electrons. The van der Waals surface area contributed by atoms with Crippen molar-refractivity contribution in [2.45, 2.75) is 33.2 Å². The van der Waals surface area contributed by atoms with E-state index < -0.39 is 5.92 Å². The molecule has 0 bridgehead atoms. The maximum atomic E-state index is 11.7. The van der Waals surface area contributed by atoms with E-state index in [0.717, 1.165) is 13.0 Å². The standard InChI is InChI=1S/C11H16N4O/c1-3-5-9(6-12)11(16)14-10-7-13-15(4-2)8-10/h7-9H,3-5H2,1-2H3,(H,14,16). The van der Waals surface area contributed by atoms with E-state index in [1.807, 2.05) is 19.9 Å². The largest absolute Gasteiger partial charge is 0.322 e. The molecule has 0 saturated heterocycles. The molecule has 0 aromatic carbocycles. The van der Waals surface area contributed by atoms with Crippen molar-refractivity contribution in [3.05, 3.63) is 12.4 Å². The van der Waals surface area contributed by atoms with Crippen LogP contribution in [-0.4, -0.2) is 15.7 Å². The second kappa shape index (κ2) is 5.91. The second-order valence-corrected chi connectivity index (χ2v) is 3.54. The summed E-state index contributed by atoms with van der Waals surface area (Å²) in [6, 6.07) is 2.00. The Morgan fingerprint density at radius 2 is 2.44 bits per heavy atom. The lowest BCUT2D eigenvalue weighted by atomic mass is 10.1. The van der Waals surface area contributed by atoms with Crippen LogP contribution in [0, 0.1) is 17.2 Å². The first kappa shape index (κ1) is 12.2. The van der Waals surface area contributed by atoms with Crippen LogP contribution in [-0.2, 0) is 11.3 Å². The monoisotopic (exact) mass is 220 g/mol. The molecule has 16 heavy (non-hydrogen) atoms. The number of anilines is 1. The first-order chi connectivity index (χ1) is 7.71.